The molecule has 2 nitrogen and oxygen atoms in total. The number of aliphatic hydroxyl groups is 1. The molecule has 0 radical (unpaired) electrons. The highest BCUT2D eigenvalue weighted by molar-refractivity contribution is 7.17. The van der Waals surface area contributed by atoms with Crippen LogP contribution in [0.1, 0.15) is 12.0 Å². The van der Waals surface area contributed by atoms with Crippen molar-refractivity contribution in [1.82, 2.24) is 0 Å². The van der Waals surface area contributed by atoms with Crippen molar-refractivity contribution in [1.29, 1.82) is 0 Å². The molecular formula is C12H14O2S. The summed E-state index contributed by atoms with van der Waals surface area (Å²) in [7, 11) is 1.70. The molecule has 80 valence electrons. The minimum Gasteiger partial charge on any atom is -0.496 e. The summed E-state index contributed by atoms with van der Waals surface area (Å²) in [5.74, 6) is 0.960. The van der Waals surface area contributed by atoms with Crippen molar-refractivity contribution in [2.24, 2.45) is 0 Å². The number of hydrogen-bond acceptors (Lipinski definition) is 3. The number of fused-ring (bicyclic) bond motifs is 1. The van der Waals surface area contributed by atoms with E-state index in [0.717, 1.165) is 18.6 Å². The molecule has 3 heteroatoms. The summed E-state index contributed by atoms with van der Waals surface area (Å²) < 4.78 is 6.69. The monoisotopic (exact) mass is 222 g/mol. The summed E-state index contributed by atoms with van der Waals surface area (Å²) in [6.45, 7) is 0.227. The zero-order valence-corrected chi connectivity index (χ0v) is 9.51. The molecule has 1 heterocycles. The molecule has 0 saturated carbocycles. The van der Waals surface area contributed by atoms with Crippen molar-refractivity contribution in [3.63, 3.8) is 0 Å². The highest BCUT2D eigenvalue weighted by Gasteiger charge is 2.08. The van der Waals surface area contributed by atoms with Gasteiger partial charge >= 0.3 is 0 Å². The van der Waals surface area contributed by atoms with Crippen LogP contribution in [0.3, 0.4) is 0 Å². The Kier molecular flexibility index (Phi) is 3.23. The van der Waals surface area contributed by atoms with Gasteiger partial charge in [0, 0.05) is 16.7 Å². The number of benzene rings is 1. The standard InChI is InChI=1S/C12H14O2S/c1-14-12-9(3-2-7-13)4-5-11-10(12)6-8-15-11/h4-6,8,13H,2-3,7H2,1H3. The molecule has 0 aliphatic carbocycles. The van der Waals surface area contributed by atoms with Gasteiger partial charge in [0.25, 0.3) is 0 Å². The molecule has 0 aliphatic rings. The Labute approximate surface area is 93.1 Å². The fourth-order valence-electron chi connectivity index (χ4n) is 1.77. The van der Waals surface area contributed by atoms with Crippen LogP contribution in [-0.2, 0) is 6.42 Å². The smallest absolute Gasteiger partial charge is 0.130 e. The third kappa shape index (κ3) is 1.98. The summed E-state index contributed by atoms with van der Waals surface area (Å²) >= 11 is 1.72. The number of aryl methyl sites for hydroxylation is 1. The van der Waals surface area contributed by atoms with Gasteiger partial charge in [-0.15, -0.1) is 11.3 Å². The molecule has 0 atom stereocenters. The van der Waals surface area contributed by atoms with E-state index in [2.05, 4.69) is 23.6 Å². The van der Waals surface area contributed by atoms with Crippen LogP contribution in [0.25, 0.3) is 10.1 Å². The summed E-state index contributed by atoms with van der Waals surface area (Å²) in [6.07, 6.45) is 1.65. The largest absolute Gasteiger partial charge is 0.496 e. The Morgan fingerprint density at radius 3 is 2.93 bits per heavy atom. The minimum atomic E-state index is 0.227. The molecule has 0 amide bonds. The first kappa shape index (κ1) is 10.5. The van der Waals surface area contributed by atoms with Gasteiger partial charge in [0.2, 0.25) is 0 Å². The molecule has 2 rings (SSSR count). The average molecular weight is 222 g/mol. The van der Waals surface area contributed by atoms with Crippen LogP contribution in [0, 0.1) is 0 Å². The molecular weight excluding hydrogens is 208 g/mol. The first-order chi connectivity index (χ1) is 7.36. The van der Waals surface area contributed by atoms with Crippen LogP contribution in [0.5, 0.6) is 5.75 Å². The van der Waals surface area contributed by atoms with E-state index in [0.29, 0.717) is 0 Å². The number of hydrogen-bond donors (Lipinski definition) is 1. The lowest BCUT2D eigenvalue weighted by molar-refractivity contribution is 0.288. The molecule has 0 fully saturated rings. The van der Waals surface area contributed by atoms with Crippen LogP contribution in [0.2, 0.25) is 0 Å². The lowest BCUT2D eigenvalue weighted by atomic mass is 10.1. The molecule has 1 aromatic carbocycles. The van der Waals surface area contributed by atoms with E-state index in [1.165, 1.54) is 15.6 Å². The quantitative estimate of drug-likeness (QED) is 0.862. The minimum absolute atomic E-state index is 0.227. The highest BCUT2D eigenvalue weighted by atomic mass is 32.1. The zero-order chi connectivity index (χ0) is 10.7. The highest BCUT2D eigenvalue weighted by Crippen LogP contribution is 2.33. The fourth-order valence-corrected chi connectivity index (χ4v) is 2.56. The fraction of sp³-hybridized carbons (Fsp3) is 0.333. The van der Waals surface area contributed by atoms with Crippen molar-refractivity contribution in [2.75, 3.05) is 13.7 Å². The van der Waals surface area contributed by atoms with Crippen LogP contribution in [0.15, 0.2) is 23.6 Å². The molecule has 0 aliphatic heterocycles. The average Bonchev–Trinajstić information content (AvgIpc) is 2.73. The maximum Gasteiger partial charge on any atom is 0.130 e. The lowest BCUT2D eigenvalue weighted by Gasteiger charge is -2.08. The lowest BCUT2D eigenvalue weighted by Crippen LogP contribution is -1.94. The van der Waals surface area contributed by atoms with Crippen molar-refractivity contribution in [3.05, 3.63) is 29.1 Å². The number of thiophene rings is 1. The van der Waals surface area contributed by atoms with E-state index in [-0.39, 0.29) is 6.61 Å². The second-order valence-corrected chi connectivity index (χ2v) is 4.37. The summed E-state index contributed by atoms with van der Waals surface area (Å²) in [5, 5.41) is 12.1. The molecule has 1 N–H and O–H groups in total. The van der Waals surface area contributed by atoms with Crippen molar-refractivity contribution in [3.8, 4) is 5.75 Å². The van der Waals surface area contributed by atoms with Gasteiger partial charge < -0.3 is 9.84 Å². The van der Waals surface area contributed by atoms with Gasteiger partial charge in [-0.2, -0.15) is 0 Å². The Balaban J connectivity index is 2.44. The first-order valence-electron chi connectivity index (χ1n) is 5.00. The summed E-state index contributed by atoms with van der Waals surface area (Å²) in [6, 6.07) is 6.30. The maximum absolute atomic E-state index is 8.83. The van der Waals surface area contributed by atoms with Gasteiger partial charge in [-0.25, -0.2) is 0 Å². The van der Waals surface area contributed by atoms with E-state index >= 15 is 0 Å². The number of aliphatic hydroxyl groups excluding tert-OH is 1. The molecule has 0 bridgehead atoms. The van der Waals surface area contributed by atoms with Crippen molar-refractivity contribution in [2.45, 2.75) is 12.8 Å². The van der Waals surface area contributed by atoms with Crippen LogP contribution in [-0.4, -0.2) is 18.8 Å². The van der Waals surface area contributed by atoms with Gasteiger partial charge in [-0.1, -0.05) is 6.07 Å². The Morgan fingerprint density at radius 2 is 2.20 bits per heavy atom. The second kappa shape index (κ2) is 4.64. The van der Waals surface area contributed by atoms with Gasteiger partial charge in [0.05, 0.1) is 7.11 Å². The first-order valence-corrected chi connectivity index (χ1v) is 5.88. The van der Waals surface area contributed by atoms with E-state index in [1.807, 2.05) is 0 Å². The van der Waals surface area contributed by atoms with E-state index < -0.39 is 0 Å². The maximum atomic E-state index is 8.83. The normalized spacial score (nSPS) is 10.8. The second-order valence-electron chi connectivity index (χ2n) is 3.42. The predicted octanol–water partition coefficient (Wildman–Crippen LogP) is 2.83. The number of methoxy groups -OCH3 is 1. The number of ether oxygens (including phenoxy) is 1. The van der Waals surface area contributed by atoms with E-state index in [1.54, 1.807) is 18.4 Å². The molecule has 0 saturated heterocycles. The van der Waals surface area contributed by atoms with Crippen LogP contribution >= 0.6 is 11.3 Å². The molecule has 1 aromatic heterocycles. The zero-order valence-electron chi connectivity index (χ0n) is 8.69. The summed E-state index contributed by atoms with van der Waals surface area (Å²) in [4.78, 5) is 0. The molecule has 15 heavy (non-hydrogen) atoms. The third-order valence-electron chi connectivity index (χ3n) is 2.48. The summed E-state index contributed by atoms with van der Waals surface area (Å²) in [5.41, 5.74) is 1.18. The van der Waals surface area contributed by atoms with Crippen molar-refractivity contribution < 1.29 is 9.84 Å². The molecule has 0 unspecified atom stereocenters. The van der Waals surface area contributed by atoms with E-state index in [4.69, 9.17) is 9.84 Å². The topological polar surface area (TPSA) is 29.5 Å². The molecule has 2 aromatic rings. The van der Waals surface area contributed by atoms with Crippen LogP contribution < -0.4 is 4.74 Å². The van der Waals surface area contributed by atoms with Gasteiger partial charge in [-0.05, 0) is 35.9 Å². The van der Waals surface area contributed by atoms with Crippen molar-refractivity contribution >= 4 is 21.4 Å². The van der Waals surface area contributed by atoms with Gasteiger partial charge in [-0.3, -0.25) is 0 Å². The Bertz CT molecular complexity index is 448. The Hall–Kier alpha value is -1.06. The third-order valence-corrected chi connectivity index (χ3v) is 3.36. The Morgan fingerprint density at radius 1 is 1.33 bits per heavy atom. The molecule has 0 spiro atoms. The SMILES string of the molecule is COc1c(CCCO)ccc2sccc12. The predicted molar refractivity (Wildman–Crippen MR) is 63.8 cm³/mol. The number of rotatable bonds is 4. The van der Waals surface area contributed by atoms with Crippen LogP contribution in [0.4, 0.5) is 0 Å². The van der Waals surface area contributed by atoms with E-state index in [9.17, 15) is 0 Å². The van der Waals surface area contributed by atoms with Gasteiger partial charge in [0.1, 0.15) is 5.75 Å². The van der Waals surface area contributed by atoms with Gasteiger partial charge in [0.15, 0.2) is 0 Å².